The van der Waals surface area contributed by atoms with Crippen molar-refractivity contribution in [2.75, 3.05) is 18.4 Å². The van der Waals surface area contributed by atoms with Crippen LogP contribution in [-0.2, 0) is 11.2 Å². The van der Waals surface area contributed by atoms with Crippen LogP contribution in [0.25, 0.3) is 0 Å². The normalized spacial score (nSPS) is 17.8. The molecule has 1 atom stereocenters. The Bertz CT molecular complexity index is 783. The maximum Gasteiger partial charge on any atom is 0.243 e. The van der Waals surface area contributed by atoms with Gasteiger partial charge in [-0.3, -0.25) is 9.69 Å². The van der Waals surface area contributed by atoms with E-state index in [1.54, 1.807) is 6.20 Å². The number of piperidine rings is 1. The molecule has 130 valence electrons. The van der Waals surface area contributed by atoms with Crippen LogP contribution in [0.4, 0.5) is 5.13 Å². The minimum Gasteiger partial charge on any atom is -0.301 e. The molecule has 0 bridgehead atoms. The van der Waals surface area contributed by atoms with E-state index in [1.165, 1.54) is 11.3 Å². The van der Waals surface area contributed by atoms with Crippen LogP contribution in [0, 0.1) is 12.3 Å². The molecule has 25 heavy (non-hydrogen) atoms. The van der Waals surface area contributed by atoms with Crippen LogP contribution >= 0.6 is 22.9 Å². The summed E-state index contributed by atoms with van der Waals surface area (Å²) < 4.78 is 0. The second-order valence-electron chi connectivity index (χ2n) is 6.11. The molecule has 0 radical (unpaired) electrons. The second-order valence-corrected chi connectivity index (χ2v) is 7.67. The van der Waals surface area contributed by atoms with Gasteiger partial charge in [-0.25, -0.2) is 4.98 Å². The van der Waals surface area contributed by atoms with Crippen molar-refractivity contribution in [3.05, 3.63) is 45.9 Å². The molecule has 0 spiro atoms. The molecule has 1 aliphatic rings. The van der Waals surface area contributed by atoms with Gasteiger partial charge in [0.25, 0.3) is 0 Å². The standard InChI is InChI=1S/C19H20ClN3OS/c1-2-9-23-10-4-3-8-17(23)18(24)22-19-21-13-16(25-19)12-14-6-5-7-15(20)11-14/h1,5-7,11,13,17H,3-4,8-10,12H2,(H,21,22,24). The maximum atomic E-state index is 12.6. The van der Waals surface area contributed by atoms with E-state index in [0.717, 1.165) is 47.7 Å². The predicted molar refractivity (Wildman–Crippen MR) is 103 cm³/mol. The summed E-state index contributed by atoms with van der Waals surface area (Å²) in [7, 11) is 0. The lowest BCUT2D eigenvalue weighted by Gasteiger charge is -2.32. The molecule has 0 aliphatic carbocycles. The van der Waals surface area contributed by atoms with Crippen molar-refractivity contribution < 1.29 is 4.79 Å². The van der Waals surface area contributed by atoms with Crippen LogP contribution in [0.5, 0.6) is 0 Å². The molecule has 1 saturated heterocycles. The number of benzene rings is 1. The lowest BCUT2D eigenvalue weighted by molar-refractivity contribution is -0.122. The fourth-order valence-corrected chi connectivity index (χ4v) is 4.14. The van der Waals surface area contributed by atoms with Crippen molar-refractivity contribution in [1.29, 1.82) is 0 Å². The lowest BCUT2D eigenvalue weighted by atomic mass is 10.0. The third kappa shape index (κ3) is 4.82. The molecule has 1 amide bonds. The highest BCUT2D eigenvalue weighted by atomic mass is 35.5. The number of amides is 1. The first kappa shape index (κ1) is 17.9. The van der Waals surface area contributed by atoms with Crippen molar-refractivity contribution in [2.45, 2.75) is 31.7 Å². The number of nitrogens with one attached hydrogen (secondary N) is 1. The van der Waals surface area contributed by atoms with Gasteiger partial charge >= 0.3 is 0 Å². The summed E-state index contributed by atoms with van der Waals surface area (Å²) >= 11 is 7.52. The van der Waals surface area contributed by atoms with Gasteiger partial charge in [0.1, 0.15) is 0 Å². The van der Waals surface area contributed by atoms with Crippen molar-refractivity contribution >= 4 is 34.0 Å². The number of likely N-dealkylation sites (tertiary alicyclic amines) is 1. The molecule has 1 N–H and O–H groups in total. The molecule has 2 heterocycles. The Labute approximate surface area is 157 Å². The average Bonchev–Trinajstić information content (AvgIpc) is 3.02. The Morgan fingerprint density at radius 3 is 3.16 bits per heavy atom. The predicted octanol–water partition coefficient (Wildman–Crippen LogP) is 3.81. The van der Waals surface area contributed by atoms with Gasteiger partial charge < -0.3 is 5.32 Å². The first-order chi connectivity index (χ1) is 12.2. The molecule has 4 nitrogen and oxygen atoms in total. The Morgan fingerprint density at radius 2 is 2.36 bits per heavy atom. The van der Waals surface area contributed by atoms with E-state index in [1.807, 2.05) is 24.3 Å². The summed E-state index contributed by atoms with van der Waals surface area (Å²) in [5, 5.41) is 4.31. The van der Waals surface area contributed by atoms with Gasteiger partial charge in [-0.1, -0.05) is 36.1 Å². The Hall–Kier alpha value is -1.87. The SMILES string of the molecule is C#CCN1CCCCC1C(=O)Nc1ncc(Cc2cccc(Cl)c2)s1. The van der Waals surface area contributed by atoms with Gasteiger partial charge in [0.2, 0.25) is 5.91 Å². The molecule has 1 fully saturated rings. The van der Waals surface area contributed by atoms with E-state index in [-0.39, 0.29) is 11.9 Å². The zero-order valence-corrected chi connectivity index (χ0v) is 15.4. The zero-order valence-electron chi connectivity index (χ0n) is 13.9. The van der Waals surface area contributed by atoms with Crippen LogP contribution in [0.1, 0.15) is 29.7 Å². The van der Waals surface area contributed by atoms with Gasteiger partial charge in [-0.05, 0) is 37.1 Å². The summed E-state index contributed by atoms with van der Waals surface area (Å²) in [4.78, 5) is 20.1. The highest BCUT2D eigenvalue weighted by molar-refractivity contribution is 7.15. The molecule has 1 unspecified atom stereocenters. The number of anilines is 1. The Kier molecular flexibility index (Phi) is 6.09. The van der Waals surface area contributed by atoms with Gasteiger partial charge in [-0.2, -0.15) is 0 Å². The maximum absolute atomic E-state index is 12.6. The molecular formula is C19H20ClN3OS. The van der Waals surface area contributed by atoms with Crippen molar-refractivity contribution in [2.24, 2.45) is 0 Å². The third-order valence-electron chi connectivity index (χ3n) is 4.26. The number of carbonyl (C=O) groups is 1. The van der Waals surface area contributed by atoms with E-state index < -0.39 is 0 Å². The van der Waals surface area contributed by atoms with E-state index >= 15 is 0 Å². The van der Waals surface area contributed by atoms with Crippen molar-refractivity contribution in [1.82, 2.24) is 9.88 Å². The van der Waals surface area contributed by atoms with E-state index in [2.05, 4.69) is 21.1 Å². The van der Waals surface area contributed by atoms with Crippen LogP contribution in [0.2, 0.25) is 5.02 Å². The van der Waals surface area contributed by atoms with E-state index in [9.17, 15) is 4.79 Å². The third-order valence-corrected chi connectivity index (χ3v) is 5.41. The molecule has 2 aromatic rings. The first-order valence-electron chi connectivity index (χ1n) is 8.33. The number of aromatic nitrogens is 1. The quantitative estimate of drug-likeness (QED) is 0.810. The average molecular weight is 374 g/mol. The highest BCUT2D eigenvalue weighted by Crippen LogP contribution is 2.24. The molecule has 6 heteroatoms. The van der Waals surface area contributed by atoms with Crippen molar-refractivity contribution in [3.8, 4) is 12.3 Å². The van der Waals surface area contributed by atoms with Gasteiger partial charge in [-0.15, -0.1) is 17.8 Å². The minimum absolute atomic E-state index is 0.0152. The Balaban J connectivity index is 1.62. The zero-order chi connectivity index (χ0) is 17.6. The van der Waals surface area contributed by atoms with Crippen molar-refractivity contribution in [3.63, 3.8) is 0 Å². The molecule has 1 aliphatic heterocycles. The summed E-state index contributed by atoms with van der Waals surface area (Å²) in [5.74, 6) is 2.63. The van der Waals surface area contributed by atoms with Crippen LogP contribution in [-0.4, -0.2) is 34.9 Å². The lowest BCUT2D eigenvalue weighted by Crippen LogP contribution is -2.47. The largest absolute Gasteiger partial charge is 0.301 e. The summed E-state index contributed by atoms with van der Waals surface area (Å²) in [6, 6.07) is 7.60. The van der Waals surface area contributed by atoms with E-state index in [0.29, 0.717) is 11.7 Å². The number of hydrogen-bond acceptors (Lipinski definition) is 4. The summed E-state index contributed by atoms with van der Waals surface area (Å²) in [6.07, 6.45) is 11.0. The number of halogens is 1. The fourth-order valence-electron chi connectivity index (χ4n) is 3.08. The van der Waals surface area contributed by atoms with Gasteiger partial charge in [0.15, 0.2) is 5.13 Å². The molecule has 0 saturated carbocycles. The van der Waals surface area contributed by atoms with Crippen LogP contribution in [0.15, 0.2) is 30.5 Å². The number of thiazole rings is 1. The molecule has 1 aromatic carbocycles. The smallest absolute Gasteiger partial charge is 0.243 e. The van der Waals surface area contributed by atoms with E-state index in [4.69, 9.17) is 18.0 Å². The molecule has 3 rings (SSSR count). The fraction of sp³-hybridized carbons (Fsp3) is 0.368. The van der Waals surface area contributed by atoms with Gasteiger partial charge in [0, 0.05) is 22.5 Å². The topological polar surface area (TPSA) is 45.2 Å². The molecule has 1 aromatic heterocycles. The number of carbonyl (C=O) groups excluding carboxylic acids is 1. The first-order valence-corrected chi connectivity index (χ1v) is 9.52. The summed E-state index contributed by atoms with van der Waals surface area (Å²) in [5.41, 5.74) is 1.13. The minimum atomic E-state index is -0.162. The van der Waals surface area contributed by atoms with Crippen LogP contribution in [0.3, 0.4) is 0 Å². The second kappa shape index (κ2) is 8.48. The van der Waals surface area contributed by atoms with Crippen LogP contribution < -0.4 is 5.32 Å². The summed E-state index contributed by atoms with van der Waals surface area (Å²) in [6.45, 7) is 1.39. The number of hydrogen-bond donors (Lipinski definition) is 1. The number of terminal acetylenes is 1. The number of rotatable bonds is 5. The van der Waals surface area contributed by atoms with Gasteiger partial charge in [0.05, 0.1) is 12.6 Å². The highest BCUT2D eigenvalue weighted by Gasteiger charge is 2.28. The number of nitrogens with zero attached hydrogens (tertiary/aromatic N) is 2. The molecular weight excluding hydrogens is 354 g/mol. The Morgan fingerprint density at radius 1 is 1.48 bits per heavy atom. The monoisotopic (exact) mass is 373 g/mol.